The molecule has 1 aromatic carbocycles. The van der Waals surface area contributed by atoms with Crippen molar-refractivity contribution in [1.82, 2.24) is 14.3 Å². The van der Waals surface area contributed by atoms with Gasteiger partial charge in [0.1, 0.15) is 11.9 Å². The van der Waals surface area contributed by atoms with Gasteiger partial charge in [0.05, 0.1) is 23.2 Å². The van der Waals surface area contributed by atoms with Crippen LogP contribution in [-0.4, -0.2) is 41.9 Å². The Labute approximate surface area is 152 Å². The van der Waals surface area contributed by atoms with Crippen LogP contribution >= 0.6 is 0 Å². The lowest BCUT2D eigenvalue weighted by Crippen LogP contribution is -2.31. The molecule has 1 fully saturated rings. The van der Waals surface area contributed by atoms with Gasteiger partial charge < -0.3 is 4.74 Å². The molecular weight excluding hydrogens is 350 g/mol. The molecule has 1 saturated heterocycles. The first-order chi connectivity index (χ1) is 12.6. The van der Waals surface area contributed by atoms with Gasteiger partial charge in [-0.05, 0) is 49.2 Å². The predicted molar refractivity (Wildman–Crippen MR) is 98.5 cm³/mol. The first-order valence-corrected chi connectivity index (χ1v) is 9.91. The van der Waals surface area contributed by atoms with E-state index in [1.54, 1.807) is 36.8 Å². The molecule has 0 N–H and O–H groups in total. The van der Waals surface area contributed by atoms with Crippen molar-refractivity contribution in [3.05, 3.63) is 60.6 Å². The Hall–Kier alpha value is -2.51. The van der Waals surface area contributed by atoms with Gasteiger partial charge in [0.2, 0.25) is 10.0 Å². The van der Waals surface area contributed by atoms with Crippen LogP contribution < -0.4 is 4.74 Å². The van der Waals surface area contributed by atoms with Crippen LogP contribution in [0.2, 0.25) is 0 Å². The first-order valence-electron chi connectivity index (χ1n) is 8.47. The second kappa shape index (κ2) is 6.66. The monoisotopic (exact) mass is 369 g/mol. The summed E-state index contributed by atoms with van der Waals surface area (Å²) >= 11 is 0. The fraction of sp³-hybridized carbons (Fsp3) is 0.263. The van der Waals surface area contributed by atoms with Crippen LogP contribution in [0.4, 0.5) is 0 Å². The number of hydrogen-bond acceptors (Lipinski definition) is 5. The van der Waals surface area contributed by atoms with E-state index >= 15 is 0 Å². The summed E-state index contributed by atoms with van der Waals surface area (Å²) in [5, 5.41) is 0.657. The Balaban J connectivity index is 1.61. The lowest BCUT2D eigenvalue weighted by Gasteiger charge is -2.18. The number of aromatic nitrogens is 2. The van der Waals surface area contributed by atoms with Crippen LogP contribution in [0.5, 0.6) is 5.75 Å². The van der Waals surface area contributed by atoms with E-state index in [9.17, 15) is 8.42 Å². The molecule has 1 aliphatic heterocycles. The molecule has 0 saturated carbocycles. The number of sulfonamides is 1. The second-order valence-electron chi connectivity index (χ2n) is 6.36. The molecule has 3 heterocycles. The number of fused-ring (bicyclic) bond motifs is 1. The van der Waals surface area contributed by atoms with Gasteiger partial charge in [-0.2, -0.15) is 4.31 Å². The van der Waals surface area contributed by atoms with Crippen LogP contribution in [0.1, 0.15) is 12.0 Å². The minimum absolute atomic E-state index is 0.177. The zero-order valence-electron chi connectivity index (χ0n) is 14.4. The Bertz CT molecular complexity index is 1040. The number of aryl methyl sites for hydroxylation is 1. The lowest BCUT2D eigenvalue weighted by molar-refractivity contribution is 0.214. The molecule has 134 valence electrons. The Morgan fingerprint density at radius 1 is 1.15 bits per heavy atom. The van der Waals surface area contributed by atoms with E-state index in [4.69, 9.17) is 4.74 Å². The molecule has 0 spiro atoms. The Kier molecular flexibility index (Phi) is 4.34. The number of rotatable bonds is 4. The van der Waals surface area contributed by atoms with Crippen LogP contribution in [0.3, 0.4) is 0 Å². The minimum Gasteiger partial charge on any atom is -0.487 e. The second-order valence-corrected chi connectivity index (χ2v) is 8.27. The van der Waals surface area contributed by atoms with Crippen LogP contribution in [0.15, 0.2) is 59.9 Å². The zero-order chi connectivity index (χ0) is 18.1. The van der Waals surface area contributed by atoms with E-state index < -0.39 is 10.0 Å². The predicted octanol–water partition coefficient (Wildman–Crippen LogP) is 2.78. The van der Waals surface area contributed by atoms with Gasteiger partial charge >= 0.3 is 0 Å². The third-order valence-corrected chi connectivity index (χ3v) is 6.52. The number of pyridine rings is 2. The van der Waals surface area contributed by atoms with Gasteiger partial charge in [-0.3, -0.25) is 9.97 Å². The summed E-state index contributed by atoms with van der Waals surface area (Å²) in [5.41, 5.74) is 1.68. The van der Waals surface area contributed by atoms with E-state index in [1.165, 1.54) is 4.31 Å². The maximum atomic E-state index is 13.2. The molecule has 0 aliphatic carbocycles. The molecule has 3 aromatic rings. The van der Waals surface area contributed by atoms with Crippen molar-refractivity contribution in [2.24, 2.45) is 0 Å². The van der Waals surface area contributed by atoms with Crippen molar-refractivity contribution >= 4 is 20.9 Å². The van der Waals surface area contributed by atoms with Crippen molar-refractivity contribution in [2.75, 3.05) is 13.1 Å². The fourth-order valence-corrected chi connectivity index (χ4v) is 4.94. The highest BCUT2D eigenvalue weighted by molar-refractivity contribution is 7.89. The van der Waals surface area contributed by atoms with Gasteiger partial charge in [-0.15, -0.1) is 0 Å². The fourth-order valence-electron chi connectivity index (χ4n) is 3.27. The van der Waals surface area contributed by atoms with Gasteiger partial charge in [-0.1, -0.05) is 6.07 Å². The van der Waals surface area contributed by atoms with Crippen LogP contribution in [0, 0.1) is 6.92 Å². The number of nitrogens with zero attached hydrogens (tertiary/aromatic N) is 3. The Morgan fingerprint density at radius 3 is 2.81 bits per heavy atom. The molecule has 1 unspecified atom stereocenters. The summed E-state index contributed by atoms with van der Waals surface area (Å²) in [5.74, 6) is 0.654. The summed E-state index contributed by atoms with van der Waals surface area (Å²) in [6, 6.07) is 10.7. The van der Waals surface area contributed by atoms with Gasteiger partial charge in [0.15, 0.2) is 0 Å². The van der Waals surface area contributed by atoms with Crippen molar-refractivity contribution in [1.29, 1.82) is 0 Å². The maximum absolute atomic E-state index is 13.2. The Morgan fingerprint density at radius 2 is 2.00 bits per heavy atom. The minimum atomic E-state index is -3.61. The third kappa shape index (κ3) is 3.04. The molecule has 0 bridgehead atoms. The average Bonchev–Trinajstić information content (AvgIpc) is 3.12. The molecule has 0 amide bonds. The molecule has 0 radical (unpaired) electrons. The van der Waals surface area contributed by atoms with E-state index in [-0.39, 0.29) is 6.10 Å². The molecule has 7 heteroatoms. The maximum Gasteiger partial charge on any atom is 0.243 e. The number of benzene rings is 1. The topological polar surface area (TPSA) is 72.4 Å². The van der Waals surface area contributed by atoms with Crippen molar-refractivity contribution in [3.63, 3.8) is 0 Å². The average molecular weight is 369 g/mol. The molecule has 6 nitrogen and oxygen atoms in total. The highest BCUT2D eigenvalue weighted by atomic mass is 32.2. The highest BCUT2D eigenvalue weighted by Crippen LogP contribution is 2.29. The largest absolute Gasteiger partial charge is 0.487 e. The SMILES string of the molecule is Cc1ccc(S(=O)(=O)N2CCC(Oc3cccnc3)C2)c2cccnc12. The summed E-state index contributed by atoms with van der Waals surface area (Å²) in [4.78, 5) is 8.66. The molecule has 2 aromatic heterocycles. The summed E-state index contributed by atoms with van der Waals surface area (Å²) in [7, 11) is -3.61. The quantitative estimate of drug-likeness (QED) is 0.707. The van der Waals surface area contributed by atoms with Crippen LogP contribution in [-0.2, 0) is 10.0 Å². The van der Waals surface area contributed by atoms with Crippen molar-refractivity contribution in [2.45, 2.75) is 24.3 Å². The van der Waals surface area contributed by atoms with Crippen molar-refractivity contribution < 1.29 is 13.2 Å². The van der Waals surface area contributed by atoms with Crippen molar-refractivity contribution in [3.8, 4) is 5.75 Å². The summed E-state index contributed by atoms with van der Waals surface area (Å²) in [6.07, 6.45) is 5.46. The van der Waals surface area contributed by atoms with Gasteiger partial charge in [0.25, 0.3) is 0 Å². The first kappa shape index (κ1) is 16.9. The van der Waals surface area contributed by atoms with E-state index in [0.29, 0.717) is 35.5 Å². The van der Waals surface area contributed by atoms with E-state index in [0.717, 1.165) is 11.1 Å². The molecule has 4 rings (SSSR count). The summed E-state index contributed by atoms with van der Waals surface area (Å²) in [6.45, 7) is 2.69. The van der Waals surface area contributed by atoms with Gasteiger partial charge in [-0.25, -0.2) is 8.42 Å². The smallest absolute Gasteiger partial charge is 0.243 e. The van der Waals surface area contributed by atoms with E-state index in [2.05, 4.69) is 9.97 Å². The molecular formula is C19H19N3O3S. The molecule has 1 aliphatic rings. The zero-order valence-corrected chi connectivity index (χ0v) is 15.2. The number of ether oxygens (including phenoxy) is 1. The standard InChI is InChI=1S/C19H19N3O3S/c1-14-6-7-18(17-5-3-10-21-19(14)17)26(23,24)22-11-8-16(13-22)25-15-4-2-9-20-12-15/h2-7,9-10,12,16H,8,11,13H2,1H3. The molecule has 26 heavy (non-hydrogen) atoms. The van der Waals surface area contributed by atoms with E-state index in [1.807, 2.05) is 25.1 Å². The normalized spacial score (nSPS) is 18.3. The molecule has 1 atom stereocenters. The summed E-state index contributed by atoms with van der Waals surface area (Å²) < 4.78 is 33.7. The van der Waals surface area contributed by atoms with Crippen LogP contribution in [0.25, 0.3) is 10.9 Å². The highest BCUT2D eigenvalue weighted by Gasteiger charge is 2.34. The lowest BCUT2D eigenvalue weighted by atomic mass is 10.1. The van der Waals surface area contributed by atoms with Gasteiger partial charge in [0, 0.05) is 24.3 Å². The number of hydrogen-bond donors (Lipinski definition) is 0. The third-order valence-electron chi connectivity index (χ3n) is 4.59.